The van der Waals surface area contributed by atoms with Crippen LogP contribution in [-0.2, 0) is 0 Å². The molecule has 0 radical (unpaired) electrons. The lowest BCUT2D eigenvalue weighted by molar-refractivity contribution is 0.316. The van der Waals surface area contributed by atoms with Crippen LogP contribution in [0.1, 0.15) is 13.8 Å². The predicted octanol–water partition coefficient (Wildman–Crippen LogP) is 3.33. The van der Waals surface area contributed by atoms with Crippen molar-refractivity contribution >= 4 is 34.6 Å². The molecular formula is C12H19Cl2N3. The molecule has 5 heteroatoms. The number of nitrogens with one attached hydrogen (secondary N) is 1. The summed E-state index contributed by atoms with van der Waals surface area (Å²) in [5.41, 5.74) is 7.32. The summed E-state index contributed by atoms with van der Waals surface area (Å²) in [6.45, 7) is 8.22. The van der Waals surface area contributed by atoms with E-state index < -0.39 is 0 Å². The molecule has 1 aromatic rings. The molecule has 0 aliphatic rings. The van der Waals surface area contributed by atoms with Crippen molar-refractivity contribution in [3.8, 4) is 0 Å². The maximum atomic E-state index is 5.94. The highest BCUT2D eigenvalue weighted by Gasteiger charge is 2.05. The third kappa shape index (κ3) is 4.26. The number of likely N-dealkylation sites (N-methyl/N-ethyl adjacent to an activating group) is 1. The van der Waals surface area contributed by atoms with Gasteiger partial charge in [0.25, 0.3) is 0 Å². The van der Waals surface area contributed by atoms with Crippen molar-refractivity contribution in [3.05, 3.63) is 22.2 Å². The number of nitrogen functional groups attached to an aromatic ring is 1. The van der Waals surface area contributed by atoms with Gasteiger partial charge in [0, 0.05) is 13.1 Å². The number of rotatable bonds is 6. The third-order valence-corrected chi connectivity index (χ3v) is 3.45. The van der Waals surface area contributed by atoms with Gasteiger partial charge in [-0.05, 0) is 25.2 Å². The standard InChI is InChI=1S/C12H19Cl2N3/c1-3-17(4-2)6-5-16-12-8-10(14)9(13)7-11(12)15/h7-8,16H,3-6,15H2,1-2H3. The van der Waals surface area contributed by atoms with Gasteiger partial charge in [0.1, 0.15) is 0 Å². The van der Waals surface area contributed by atoms with Crippen LogP contribution in [0.5, 0.6) is 0 Å². The van der Waals surface area contributed by atoms with Crippen molar-refractivity contribution in [1.29, 1.82) is 0 Å². The van der Waals surface area contributed by atoms with Crippen molar-refractivity contribution in [3.63, 3.8) is 0 Å². The second kappa shape index (κ2) is 6.94. The molecule has 0 saturated carbocycles. The zero-order chi connectivity index (χ0) is 12.8. The maximum absolute atomic E-state index is 5.94. The summed E-state index contributed by atoms with van der Waals surface area (Å²) in [7, 11) is 0. The normalized spacial score (nSPS) is 10.9. The van der Waals surface area contributed by atoms with Crippen LogP contribution in [0.4, 0.5) is 11.4 Å². The van der Waals surface area contributed by atoms with Gasteiger partial charge in [-0.15, -0.1) is 0 Å². The molecule has 3 N–H and O–H groups in total. The monoisotopic (exact) mass is 275 g/mol. The quantitative estimate of drug-likeness (QED) is 0.783. The van der Waals surface area contributed by atoms with Gasteiger partial charge in [-0.2, -0.15) is 0 Å². The second-order valence-electron chi connectivity index (χ2n) is 3.81. The molecule has 0 unspecified atom stereocenters. The Morgan fingerprint density at radius 1 is 1.18 bits per heavy atom. The highest BCUT2D eigenvalue weighted by Crippen LogP contribution is 2.30. The Hall–Kier alpha value is -0.640. The number of nitrogens with two attached hydrogens (primary N) is 1. The molecule has 0 aliphatic carbocycles. The number of halogens is 2. The molecule has 17 heavy (non-hydrogen) atoms. The van der Waals surface area contributed by atoms with Gasteiger partial charge in [-0.3, -0.25) is 0 Å². The van der Waals surface area contributed by atoms with E-state index in [9.17, 15) is 0 Å². The van der Waals surface area contributed by atoms with E-state index in [1.165, 1.54) is 0 Å². The van der Waals surface area contributed by atoms with Gasteiger partial charge < -0.3 is 16.0 Å². The molecule has 0 atom stereocenters. The largest absolute Gasteiger partial charge is 0.397 e. The number of hydrogen-bond donors (Lipinski definition) is 2. The molecule has 96 valence electrons. The molecule has 0 bridgehead atoms. The minimum atomic E-state index is 0.485. The molecule has 3 nitrogen and oxygen atoms in total. The topological polar surface area (TPSA) is 41.3 Å². The zero-order valence-electron chi connectivity index (χ0n) is 10.3. The highest BCUT2D eigenvalue weighted by molar-refractivity contribution is 6.42. The first-order valence-corrected chi connectivity index (χ1v) is 6.54. The fourth-order valence-electron chi connectivity index (χ4n) is 1.60. The van der Waals surface area contributed by atoms with Gasteiger partial charge in [0.05, 0.1) is 21.4 Å². The van der Waals surface area contributed by atoms with E-state index in [1.54, 1.807) is 12.1 Å². The van der Waals surface area contributed by atoms with Crippen molar-refractivity contribution in [2.75, 3.05) is 37.2 Å². The van der Waals surface area contributed by atoms with E-state index >= 15 is 0 Å². The van der Waals surface area contributed by atoms with Crippen LogP contribution in [0, 0.1) is 0 Å². The second-order valence-corrected chi connectivity index (χ2v) is 4.62. The van der Waals surface area contributed by atoms with Crippen LogP contribution in [0.3, 0.4) is 0 Å². The fourth-order valence-corrected chi connectivity index (χ4v) is 1.94. The van der Waals surface area contributed by atoms with Crippen LogP contribution in [-0.4, -0.2) is 31.1 Å². The van der Waals surface area contributed by atoms with E-state index in [0.29, 0.717) is 15.7 Å². The number of hydrogen-bond acceptors (Lipinski definition) is 3. The van der Waals surface area contributed by atoms with Crippen molar-refractivity contribution in [2.24, 2.45) is 0 Å². The number of anilines is 2. The summed E-state index contributed by atoms with van der Waals surface area (Å²) in [6, 6.07) is 3.44. The van der Waals surface area contributed by atoms with E-state index in [-0.39, 0.29) is 0 Å². The predicted molar refractivity (Wildman–Crippen MR) is 77.2 cm³/mol. The fraction of sp³-hybridized carbons (Fsp3) is 0.500. The Bertz CT molecular complexity index is 365. The zero-order valence-corrected chi connectivity index (χ0v) is 11.8. The molecule has 0 heterocycles. The minimum Gasteiger partial charge on any atom is -0.397 e. The van der Waals surface area contributed by atoms with Crippen LogP contribution < -0.4 is 11.1 Å². The average Bonchev–Trinajstić information content (AvgIpc) is 2.31. The van der Waals surface area contributed by atoms with Crippen molar-refractivity contribution in [1.82, 2.24) is 4.90 Å². The van der Waals surface area contributed by atoms with E-state index in [0.717, 1.165) is 31.9 Å². The summed E-state index contributed by atoms with van der Waals surface area (Å²) in [6.07, 6.45) is 0. The van der Waals surface area contributed by atoms with Gasteiger partial charge in [0.2, 0.25) is 0 Å². The van der Waals surface area contributed by atoms with Crippen molar-refractivity contribution in [2.45, 2.75) is 13.8 Å². The molecule has 1 aromatic carbocycles. The Labute approximate surface area is 113 Å². The van der Waals surface area contributed by atoms with E-state index in [4.69, 9.17) is 28.9 Å². The first kappa shape index (κ1) is 14.4. The van der Waals surface area contributed by atoms with E-state index in [1.807, 2.05) is 0 Å². The summed E-state index contributed by atoms with van der Waals surface area (Å²) in [4.78, 5) is 2.33. The van der Waals surface area contributed by atoms with Crippen LogP contribution >= 0.6 is 23.2 Å². The van der Waals surface area contributed by atoms with Crippen LogP contribution in [0.2, 0.25) is 10.0 Å². The first-order valence-electron chi connectivity index (χ1n) is 5.79. The summed E-state index contributed by atoms with van der Waals surface area (Å²) < 4.78 is 0. The third-order valence-electron chi connectivity index (χ3n) is 2.73. The Morgan fingerprint density at radius 2 is 1.76 bits per heavy atom. The number of benzene rings is 1. The summed E-state index contributed by atoms with van der Waals surface area (Å²) in [5.74, 6) is 0. The molecule has 0 spiro atoms. The van der Waals surface area contributed by atoms with Gasteiger partial charge in [-0.1, -0.05) is 37.0 Å². The van der Waals surface area contributed by atoms with Gasteiger partial charge in [0.15, 0.2) is 0 Å². The molecule has 1 rings (SSSR count). The van der Waals surface area contributed by atoms with Gasteiger partial charge >= 0.3 is 0 Å². The van der Waals surface area contributed by atoms with Gasteiger partial charge in [-0.25, -0.2) is 0 Å². The highest BCUT2D eigenvalue weighted by atomic mass is 35.5. The van der Waals surface area contributed by atoms with Crippen LogP contribution in [0.25, 0.3) is 0 Å². The minimum absolute atomic E-state index is 0.485. The molecule has 0 aliphatic heterocycles. The summed E-state index contributed by atoms with van der Waals surface area (Å²) in [5, 5.41) is 4.27. The lowest BCUT2D eigenvalue weighted by Gasteiger charge is -2.19. The lowest BCUT2D eigenvalue weighted by atomic mass is 10.2. The summed E-state index contributed by atoms with van der Waals surface area (Å²) >= 11 is 11.8. The smallest absolute Gasteiger partial charge is 0.0614 e. The van der Waals surface area contributed by atoms with E-state index in [2.05, 4.69) is 24.1 Å². The molecular weight excluding hydrogens is 257 g/mol. The Morgan fingerprint density at radius 3 is 2.35 bits per heavy atom. The first-order chi connectivity index (χ1) is 8.08. The number of nitrogens with zero attached hydrogens (tertiary/aromatic N) is 1. The molecule has 0 amide bonds. The molecule has 0 fully saturated rings. The SMILES string of the molecule is CCN(CC)CCNc1cc(Cl)c(Cl)cc1N. The molecule has 0 saturated heterocycles. The average molecular weight is 276 g/mol. The Kier molecular flexibility index (Phi) is 5.89. The Balaban J connectivity index is 2.55. The molecule has 0 aromatic heterocycles. The maximum Gasteiger partial charge on any atom is 0.0614 e. The van der Waals surface area contributed by atoms with Crippen LogP contribution in [0.15, 0.2) is 12.1 Å². The van der Waals surface area contributed by atoms with Crippen molar-refractivity contribution < 1.29 is 0 Å². The lowest BCUT2D eigenvalue weighted by Crippen LogP contribution is -2.28.